The predicted molar refractivity (Wildman–Crippen MR) is 83.5 cm³/mol. The van der Waals surface area contributed by atoms with Crippen LogP contribution in [0.15, 0.2) is 0 Å². The molecule has 1 rings (SSSR count). The minimum Gasteiger partial charge on any atom is -0.481 e. The third kappa shape index (κ3) is 7.16. The highest BCUT2D eigenvalue weighted by Gasteiger charge is 2.26. The van der Waals surface area contributed by atoms with E-state index < -0.39 is 42.3 Å². The summed E-state index contributed by atoms with van der Waals surface area (Å²) in [5.41, 5.74) is 0. The highest BCUT2D eigenvalue weighted by Crippen LogP contribution is 2.04. The molecule has 1 saturated heterocycles. The van der Waals surface area contributed by atoms with Gasteiger partial charge in [0.2, 0.25) is 17.7 Å². The number of hydrogen-bond acceptors (Lipinski definition) is 6. The third-order valence-corrected chi connectivity index (χ3v) is 3.56. The van der Waals surface area contributed by atoms with Gasteiger partial charge in [0.05, 0.1) is 19.0 Å². The molecule has 1 heterocycles. The molecule has 25 heavy (non-hydrogen) atoms. The maximum atomic E-state index is 11.8. The summed E-state index contributed by atoms with van der Waals surface area (Å²) in [4.78, 5) is 56.8. The van der Waals surface area contributed by atoms with E-state index in [0.717, 1.165) is 13.0 Å². The van der Waals surface area contributed by atoms with E-state index in [-0.39, 0.29) is 18.5 Å². The Balaban J connectivity index is 2.39. The topological polar surface area (TPSA) is 174 Å². The van der Waals surface area contributed by atoms with Gasteiger partial charge in [-0.2, -0.15) is 0 Å². The Morgan fingerprint density at radius 3 is 2.36 bits per heavy atom. The fourth-order valence-electron chi connectivity index (χ4n) is 2.23. The van der Waals surface area contributed by atoms with Crippen LogP contribution in [-0.2, 0) is 24.0 Å². The summed E-state index contributed by atoms with van der Waals surface area (Å²) in [5.74, 6) is -4.65. The minimum absolute atomic E-state index is 0.308. The second-order valence-corrected chi connectivity index (χ2v) is 5.65. The summed E-state index contributed by atoms with van der Waals surface area (Å²) in [7, 11) is 0. The molecule has 0 bridgehead atoms. The lowest BCUT2D eigenvalue weighted by Gasteiger charge is -2.18. The van der Waals surface area contributed by atoms with E-state index >= 15 is 0 Å². The van der Waals surface area contributed by atoms with Gasteiger partial charge in [-0.15, -0.1) is 0 Å². The van der Waals surface area contributed by atoms with Crippen LogP contribution in [0.25, 0.3) is 0 Å². The van der Waals surface area contributed by atoms with Gasteiger partial charge in [-0.25, -0.2) is 4.79 Å². The molecule has 1 aliphatic rings. The first-order valence-electron chi connectivity index (χ1n) is 7.76. The summed E-state index contributed by atoms with van der Waals surface area (Å²) >= 11 is 0. The normalized spacial score (nSPS) is 18.7. The van der Waals surface area contributed by atoms with E-state index in [9.17, 15) is 24.0 Å². The molecule has 1 fully saturated rings. The largest absolute Gasteiger partial charge is 0.481 e. The molecule has 6 N–H and O–H groups in total. The van der Waals surface area contributed by atoms with Crippen molar-refractivity contribution in [2.24, 2.45) is 0 Å². The number of carbonyl (C=O) groups is 5. The van der Waals surface area contributed by atoms with Gasteiger partial charge in [-0.3, -0.25) is 19.2 Å². The zero-order chi connectivity index (χ0) is 19.0. The van der Waals surface area contributed by atoms with Crippen LogP contribution < -0.4 is 21.3 Å². The zero-order valence-corrected chi connectivity index (χ0v) is 13.7. The van der Waals surface area contributed by atoms with Crippen molar-refractivity contribution in [3.8, 4) is 0 Å². The molecule has 0 radical (unpaired) electrons. The lowest BCUT2D eigenvalue weighted by Crippen LogP contribution is -2.52. The van der Waals surface area contributed by atoms with E-state index in [4.69, 9.17) is 10.2 Å². The van der Waals surface area contributed by atoms with Crippen molar-refractivity contribution < 1.29 is 34.2 Å². The van der Waals surface area contributed by atoms with Gasteiger partial charge in [-0.05, 0) is 26.3 Å². The van der Waals surface area contributed by atoms with Crippen molar-refractivity contribution in [1.29, 1.82) is 0 Å². The fourth-order valence-corrected chi connectivity index (χ4v) is 2.23. The molecule has 0 saturated carbocycles. The molecule has 11 nitrogen and oxygen atoms in total. The number of carbonyl (C=O) groups excluding carboxylic acids is 3. The number of nitrogens with one attached hydrogen (secondary N) is 4. The van der Waals surface area contributed by atoms with Gasteiger partial charge in [0.15, 0.2) is 0 Å². The van der Waals surface area contributed by atoms with Gasteiger partial charge in [-0.1, -0.05) is 0 Å². The van der Waals surface area contributed by atoms with Crippen LogP contribution in [0.5, 0.6) is 0 Å². The highest BCUT2D eigenvalue weighted by molar-refractivity contribution is 5.93. The smallest absolute Gasteiger partial charge is 0.326 e. The summed E-state index contributed by atoms with van der Waals surface area (Å²) in [5, 5.41) is 27.2. The highest BCUT2D eigenvalue weighted by atomic mass is 16.4. The zero-order valence-electron chi connectivity index (χ0n) is 13.7. The van der Waals surface area contributed by atoms with Gasteiger partial charge in [0.1, 0.15) is 12.1 Å². The van der Waals surface area contributed by atoms with Crippen LogP contribution >= 0.6 is 0 Å². The van der Waals surface area contributed by atoms with Crippen molar-refractivity contribution >= 4 is 29.7 Å². The molecular formula is C14H22N4O7. The van der Waals surface area contributed by atoms with Crippen molar-refractivity contribution in [2.45, 2.75) is 44.3 Å². The lowest BCUT2D eigenvalue weighted by molar-refractivity contribution is -0.147. The number of carboxylic acids is 2. The molecule has 0 aliphatic carbocycles. The van der Waals surface area contributed by atoms with Crippen LogP contribution in [0.1, 0.15) is 26.2 Å². The van der Waals surface area contributed by atoms with E-state index in [1.165, 1.54) is 6.92 Å². The Bertz CT molecular complexity index is 545. The first kappa shape index (κ1) is 20.4. The average molecular weight is 358 g/mol. The predicted octanol–water partition coefficient (Wildman–Crippen LogP) is -2.60. The van der Waals surface area contributed by atoms with Crippen LogP contribution in [0, 0.1) is 0 Å². The number of aliphatic carboxylic acids is 2. The summed E-state index contributed by atoms with van der Waals surface area (Å²) < 4.78 is 0. The molecule has 0 aromatic rings. The SMILES string of the molecule is CC(NC(=O)CNC(=O)C1CCCN1)C(=O)NC(CC(=O)O)C(=O)O. The van der Waals surface area contributed by atoms with Crippen LogP contribution in [-0.4, -0.2) is 71.1 Å². The Labute approximate surface area is 143 Å². The van der Waals surface area contributed by atoms with Crippen molar-refractivity contribution in [3.63, 3.8) is 0 Å². The second-order valence-electron chi connectivity index (χ2n) is 5.65. The molecule has 3 amide bonds. The molecular weight excluding hydrogens is 336 g/mol. The fraction of sp³-hybridized carbons (Fsp3) is 0.643. The summed E-state index contributed by atoms with van der Waals surface area (Å²) in [6, 6.07) is -3.02. The van der Waals surface area contributed by atoms with Crippen molar-refractivity contribution in [3.05, 3.63) is 0 Å². The first-order chi connectivity index (χ1) is 11.7. The average Bonchev–Trinajstić information content (AvgIpc) is 3.05. The summed E-state index contributed by atoms with van der Waals surface area (Å²) in [6.07, 6.45) is 0.779. The van der Waals surface area contributed by atoms with Crippen LogP contribution in [0.2, 0.25) is 0 Å². The number of carboxylic acid groups (broad SMARTS) is 2. The molecule has 0 spiro atoms. The van der Waals surface area contributed by atoms with Gasteiger partial charge < -0.3 is 31.5 Å². The molecule has 0 aromatic heterocycles. The molecule has 0 aromatic carbocycles. The Kier molecular flexibility index (Phi) is 7.79. The summed E-state index contributed by atoms with van der Waals surface area (Å²) in [6.45, 7) is 1.72. The van der Waals surface area contributed by atoms with E-state index in [2.05, 4.69) is 16.0 Å². The first-order valence-corrected chi connectivity index (χ1v) is 7.76. The molecule has 140 valence electrons. The maximum Gasteiger partial charge on any atom is 0.326 e. The Hall–Kier alpha value is -2.69. The van der Waals surface area contributed by atoms with Gasteiger partial charge >= 0.3 is 11.9 Å². The standard InChI is InChI=1S/C14H22N4O7/c1-7(12(22)18-9(14(24)25)5-11(20)21)17-10(19)6-16-13(23)8-3-2-4-15-8/h7-9,15H,2-6H2,1H3,(H,16,23)(H,17,19)(H,18,22)(H,20,21)(H,24,25). The quantitative estimate of drug-likeness (QED) is 0.260. The second kappa shape index (κ2) is 9.57. The van der Waals surface area contributed by atoms with Crippen LogP contribution in [0.3, 0.4) is 0 Å². The minimum atomic E-state index is -1.60. The number of hydrogen-bond donors (Lipinski definition) is 6. The third-order valence-electron chi connectivity index (χ3n) is 3.56. The maximum absolute atomic E-state index is 11.8. The lowest BCUT2D eigenvalue weighted by atomic mass is 10.2. The Morgan fingerprint density at radius 1 is 1.16 bits per heavy atom. The monoisotopic (exact) mass is 358 g/mol. The van der Waals surface area contributed by atoms with Crippen molar-refractivity contribution in [2.75, 3.05) is 13.1 Å². The van der Waals surface area contributed by atoms with Gasteiger partial charge in [0.25, 0.3) is 0 Å². The van der Waals surface area contributed by atoms with Crippen LogP contribution in [0.4, 0.5) is 0 Å². The van der Waals surface area contributed by atoms with E-state index in [0.29, 0.717) is 6.42 Å². The number of amides is 3. The molecule has 1 aliphatic heterocycles. The Morgan fingerprint density at radius 2 is 1.84 bits per heavy atom. The van der Waals surface area contributed by atoms with Crippen molar-refractivity contribution in [1.82, 2.24) is 21.3 Å². The molecule has 3 atom stereocenters. The van der Waals surface area contributed by atoms with E-state index in [1.54, 1.807) is 0 Å². The molecule has 11 heteroatoms. The van der Waals surface area contributed by atoms with Gasteiger partial charge in [0, 0.05) is 0 Å². The number of rotatable bonds is 9. The van der Waals surface area contributed by atoms with E-state index in [1.807, 2.05) is 5.32 Å². The molecule has 3 unspecified atom stereocenters.